The summed E-state index contributed by atoms with van der Waals surface area (Å²) in [6.45, 7) is 11.0. The predicted octanol–water partition coefficient (Wildman–Crippen LogP) is 2.82. The highest BCUT2D eigenvalue weighted by Gasteiger charge is 2.31. The standard InChI is InChI=1S/C21H34F2N4O2S/c1-6-19(17-9-8-16(22)14-18(17)23)26-10-12-27(13-11-26)20(24-7-2)25-15-21(3,4)30(5,28)29/h8-9,14,19H,6-7,10-13,15H2,1-5H3,(H,24,25). The molecule has 0 aliphatic carbocycles. The van der Waals surface area contributed by atoms with Crippen molar-refractivity contribution in [3.63, 3.8) is 0 Å². The SMILES string of the molecule is CCNC(=NCC(C)(C)S(C)(=O)=O)N1CCN(C(CC)c2ccc(F)cc2F)CC1. The predicted molar refractivity (Wildman–Crippen MR) is 117 cm³/mol. The highest BCUT2D eigenvalue weighted by Crippen LogP contribution is 2.28. The number of aliphatic imine (C=N–C) groups is 1. The number of piperazine rings is 1. The van der Waals surface area contributed by atoms with Crippen molar-refractivity contribution < 1.29 is 17.2 Å². The average Bonchev–Trinajstić information content (AvgIpc) is 2.67. The summed E-state index contributed by atoms with van der Waals surface area (Å²) < 4.78 is 50.6. The first-order chi connectivity index (χ1) is 14.0. The molecule has 6 nitrogen and oxygen atoms in total. The van der Waals surface area contributed by atoms with E-state index < -0.39 is 26.2 Å². The molecule has 1 atom stereocenters. The third kappa shape index (κ3) is 5.91. The van der Waals surface area contributed by atoms with E-state index in [-0.39, 0.29) is 12.6 Å². The van der Waals surface area contributed by atoms with Gasteiger partial charge in [0.1, 0.15) is 11.6 Å². The van der Waals surface area contributed by atoms with Crippen LogP contribution in [0.15, 0.2) is 23.2 Å². The van der Waals surface area contributed by atoms with E-state index in [0.29, 0.717) is 44.2 Å². The fourth-order valence-electron chi connectivity index (χ4n) is 3.50. The zero-order chi connectivity index (χ0) is 22.5. The maximum absolute atomic E-state index is 14.3. The quantitative estimate of drug-likeness (QED) is 0.518. The first-order valence-electron chi connectivity index (χ1n) is 10.4. The Morgan fingerprint density at radius 1 is 1.20 bits per heavy atom. The molecule has 0 aromatic heterocycles. The Labute approximate surface area is 179 Å². The first kappa shape index (κ1) is 24.5. The number of nitrogens with zero attached hydrogens (tertiary/aromatic N) is 3. The van der Waals surface area contributed by atoms with Gasteiger partial charge in [-0.25, -0.2) is 17.2 Å². The molecule has 1 unspecified atom stereocenters. The van der Waals surface area contributed by atoms with Gasteiger partial charge in [-0.1, -0.05) is 13.0 Å². The molecule has 0 amide bonds. The minimum Gasteiger partial charge on any atom is -0.357 e. The highest BCUT2D eigenvalue weighted by atomic mass is 32.2. The summed E-state index contributed by atoms with van der Waals surface area (Å²) in [7, 11) is -3.23. The second-order valence-electron chi connectivity index (χ2n) is 8.31. The molecule has 1 aliphatic rings. The maximum atomic E-state index is 14.3. The molecule has 1 fully saturated rings. The number of nitrogens with one attached hydrogen (secondary N) is 1. The highest BCUT2D eigenvalue weighted by molar-refractivity contribution is 7.92. The van der Waals surface area contributed by atoms with E-state index in [1.54, 1.807) is 13.8 Å². The van der Waals surface area contributed by atoms with Crippen molar-refractivity contribution in [3.05, 3.63) is 35.4 Å². The van der Waals surface area contributed by atoms with Crippen LogP contribution in [0.4, 0.5) is 8.78 Å². The zero-order valence-electron chi connectivity index (χ0n) is 18.6. The second-order valence-corrected chi connectivity index (χ2v) is 11.0. The fourth-order valence-corrected chi connectivity index (χ4v) is 3.80. The Morgan fingerprint density at radius 2 is 1.83 bits per heavy atom. The Hall–Kier alpha value is -1.74. The van der Waals surface area contributed by atoms with Gasteiger partial charge in [0.15, 0.2) is 15.8 Å². The van der Waals surface area contributed by atoms with Crippen LogP contribution in [-0.4, -0.2) is 74.4 Å². The van der Waals surface area contributed by atoms with Gasteiger partial charge in [-0.3, -0.25) is 9.89 Å². The monoisotopic (exact) mass is 444 g/mol. The third-order valence-electron chi connectivity index (χ3n) is 5.71. The van der Waals surface area contributed by atoms with Gasteiger partial charge in [0.25, 0.3) is 0 Å². The molecule has 170 valence electrons. The first-order valence-corrected chi connectivity index (χ1v) is 12.3. The molecule has 0 radical (unpaired) electrons. The molecular formula is C21H34F2N4O2S. The van der Waals surface area contributed by atoms with Crippen molar-refractivity contribution in [3.8, 4) is 0 Å². The Kier molecular flexibility index (Phi) is 8.21. The molecule has 0 spiro atoms. The number of rotatable bonds is 7. The van der Waals surface area contributed by atoms with E-state index in [1.807, 2.05) is 13.8 Å². The zero-order valence-corrected chi connectivity index (χ0v) is 19.4. The lowest BCUT2D eigenvalue weighted by atomic mass is 10.0. The molecule has 1 saturated heterocycles. The van der Waals surface area contributed by atoms with Gasteiger partial charge in [0.2, 0.25) is 0 Å². The number of benzene rings is 1. The van der Waals surface area contributed by atoms with E-state index in [1.165, 1.54) is 18.4 Å². The van der Waals surface area contributed by atoms with Crippen LogP contribution in [0.1, 0.15) is 45.7 Å². The summed E-state index contributed by atoms with van der Waals surface area (Å²) in [6.07, 6.45) is 1.95. The van der Waals surface area contributed by atoms with Crippen LogP contribution < -0.4 is 5.32 Å². The van der Waals surface area contributed by atoms with Crippen LogP contribution in [-0.2, 0) is 9.84 Å². The molecule has 0 bridgehead atoms. The number of sulfone groups is 1. The smallest absolute Gasteiger partial charge is 0.194 e. The molecule has 0 saturated carbocycles. The second kappa shape index (κ2) is 10.0. The van der Waals surface area contributed by atoms with Crippen LogP contribution in [0.3, 0.4) is 0 Å². The van der Waals surface area contributed by atoms with Crippen molar-refractivity contribution in [1.82, 2.24) is 15.1 Å². The molecule has 1 heterocycles. The summed E-state index contributed by atoms with van der Waals surface area (Å²) in [5.41, 5.74) is 0.517. The van der Waals surface area contributed by atoms with Crippen molar-refractivity contribution >= 4 is 15.8 Å². The Balaban J connectivity index is 2.10. The van der Waals surface area contributed by atoms with Crippen molar-refractivity contribution in [2.24, 2.45) is 4.99 Å². The third-order valence-corrected chi connectivity index (χ3v) is 7.85. The van der Waals surface area contributed by atoms with Crippen LogP contribution in [0.25, 0.3) is 0 Å². The van der Waals surface area contributed by atoms with Gasteiger partial charge in [-0.05, 0) is 33.3 Å². The summed E-state index contributed by atoms with van der Waals surface area (Å²) in [6, 6.07) is 3.66. The molecule has 1 aliphatic heterocycles. The van der Waals surface area contributed by atoms with Crippen LogP contribution in [0, 0.1) is 11.6 Å². The largest absolute Gasteiger partial charge is 0.357 e. The van der Waals surface area contributed by atoms with Gasteiger partial charge in [-0.15, -0.1) is 0 Å². The van der Waals surface area contributed by atoms with E-state index in [2.05, 4.69) is 20.1 Å². The Morgan fingerprint density at radius 3 is 2.33 bits per heavy atom. The lowest BCUT2D eigenvalue weighted by Crippen LogP contribution is -2.53. The summed E-state index contributed by atoms with van der Waals surface area (Å²) in [5.74, 6) is -0.392. The molecule has 9 heteroatoms. The molecule has 2 rings (SSSR count). The molecule has 1 aromatic carbocycles. The Bertz CT molecular complexity index is 851. The number of guanidine groups is 1. The van der Waals surface area contributed by atoms with Crippen molar-refractivity contribution in [1.29, 1.82) is 0 Å². The molecule has 1 N–H and O–H groups in total. The van der Waals surface area contributed by atoms with Gasteiger partial charge in [-0.2, -0.15) is 0 Å². The maximum Gasteiger partial charge on any atom is 0.194 e. The number of hydrogen-bond acceptors (Lipinski definition) is 4. The molecule has 1 aromatic rings. The average molecular weight is 445 g/mol. The summed E-state index contributed by atoms with van der Waals surface area (Å²) >= 11 is 0. The normalized spacial score (nSPS) is 17.8. The fraction of sp³-hybridized carbons (Fsp3) is 0.667. The van der Waals surface area contributed by atoms with Gasteiger partial charge < -0.3 is 10.2 Å². The van der Waals surface area contributed by atoms with Gasteiger partial charge in [0.05, 0.1) is 11.3 Å². The van der Waals surface area contributed by atoms with Crippen LogP contribution >= 0.6 is 0 Å². The lowest BCUT2D eigenvalue weighted by molar-refractivity contribution is 0.124. The van der Waals surface area contributed by atoms with E-state index in [9.17, 15) is 17.2 Å². The number of halogens is 2. The van der Waals surface area contributed by atoms with Gasteiger partial charge in [0, 0.05) is 56.7 Å². The minimum absolute atomic E-state index is 0.114. The summed E-state index contributed by atoms with van der Waals surface area (Å²) in [4.78, 5) is 8.89. The van der Waals surface area contributed by atoms with E-state index in [0.717, 1.165) is 12.5 Å². The van der Waals surface area contributed by atoms with Gasteiger partial charge >= 0.3 is 0 Å². The van der Waals surface area contributed by atoms with Crippen LogP contribution in [0.5, 0.6) is 0 Å². The number of hydrogen-bond donors (Lipinski definition) is 1. The van der Waals surface area contributed by atoms with Crippen molar-refractivity contribution in [2.75, 3.05) is 45.5 Å². The lowest BCUT2D eigenvalue weighted by Gasteiger charge is -2.40. The van der Waals surface area contributed by atoms with E-state index >= 15 is 0 Å². The molecule has 30 heavy (non-hydrogen) atoms. The van der Waals surface area contributed by atoms with Crippen molar-refractivity contribution in [2.45, 2.75) is 44.9 Å². The summed E-state index contributed by atoms with van der Waals surface area (Å²) in [5, 5.41) is 3.24. The minimum atomic E-state index is -3.23. The molecular weight excluding hydrogens is 410 g/mol. The van der Waals surface area contributed by atoms with E-state index in [4.69, 9.17) is 0 Å². The topological polar surface area (TPSA) is 65.0 Å². The van der Waals surface area contributed by atoms with Crippen LogP contribution in [0.2, 0.25) is 0 Å².